The zero-order valence-corrected chi connectivity index (χ0v) is 14.8. The van der Waals surface area contributed by atoms with E-state index in [1.807, 2.05) is 12.1 Å². The summed E-state index contributed by atoms with van der Waals surface area (Å²) in [6, 6.07) is 5.93. The normalized spacial score (nSPS) is 26.3. The van der Waals surface area contributed by atoms with E-state index in [-0.39, 0.29) is 17.1 Å². The molecule has 1 N–H and O–H groups in total. The van der Waals surface area contributed by atoms with Gasteiger partial charge in [0, 0.05) is 24.1 Å². The molecule has 118 valence electrons. The third-order valence-electron chi connectivity index (χ3n) is 4.34. The number of halogens is 2. The van der Waals surface area contributed by atoms with E-state index in [9.17, 15) is 0 Å². The van der Waals surface area contributed by atoms with Crippen molar-refractivity contribution in [3.05, 3.63) is 33.8 Å². The summed E-state index contributed by atoms with van der Waals surface area (Å²) in [7, 11) is 0. The minimum absolute atomic E-state index is 0.104. The molecular formula is C17H25Cl2NO. The Hall–Kier alpha value is -0.280. The number of benzene rings is 1. The summed E-state index contributed by atoms with van der Waals surface area (Å²) in [6.45, 7) is 10.5. The van der Waals surface area contributed by atoms with Gasteiger partial charge < -0.3 is 10.1 Å². The highest BCUT2D eigenvalue weighted by molar-refractivity contribution is 6.42. The number of nitrogens with one attached hydrogen (secondary N) is 1. The summed E-state index contributed by atoms with van der Waals surface area (Å²) < 4.78 is 5.86. The molecular weight excluding hydrogens is 305 g/mol. The zero-order chi connectivity index (χ0) is 15.7. The first-order valence-electron chi connectivity index (χ1n) is 7.52. The Labute approximate surface area is 138 Å². The van der Waals surface area contributed by atoms with Crippen LogP contribution in [0.4, 0.5) is 0 Å². The van der Waals surface area contributed by atoms with Crippen LogP contribution in [0.3, 0.4) is 0 Å². The maximum atomic E-state index is 6.15. The molecule has 0 aliphatic carbocycles. The second-order valence-electron chi connectivity index (χ2n) is 7.15. The summed E-state index contributed by atoms with van der Waals surface area (Å²) in [5.74, 6) is 0. The molecule has 4 heteroatoms. The summed E-state index contributed by atoms with van der Waals surface area (Å²) in [5.41, 5.74) is 1.44. The first kappa shape index (κ1) is 17.1. The van der Waals surface area contributed by atoms with Crippen molar-refractivity contribution in [1.29, 1.82) is 0 Å². The fourth-order valence-electron chi connectivity index (χ4n) is 2.84. The van der Waals surface area contributed by atoms with Crippen LogP contribution in [-0.4, -0.2) is 24.8 Å². The van der Waals surface area contributed by atoms with Crippen LogP contribution < -0.4 is 5.32 Å². The Kier molecular flexibility index (Phi) is 5.25. The largest absolute Gasteiger partial charge is 0.378 e. The Morgan fingerprint density at radius 2 is 2.00 bits per heavy atom. The van der Waals surface area contributed by atoms with E-state index in [1.54, 1.807) is 0 Å². The molecule has 1 aromatic carbocycles. The monoisotopic (exact) mass is 329 g/mol. The van der Waals surface area contributed by atoms with Gasteiger partial charge in [0.1, 0.15) is 0 Å². The topological polar surface area (TPSA) is 21.3 Å². The molecule has 2 nitrogen and oxygen atoms in total. The molecule has 21 heavy (non-hydrogen) atoms. The van der Waals surface area contributed by atoms with Gasteiger partial charge in [-0.3, -0.25) is 0 Å². The second kappa shape index (κ2) is 6.45. The minimum Gasteiger partial charge on any atom is -0.378 e. The van der Waals surface area contributed by atoms with E-state index in [0.29, 0.717) is 10.0 Å². The molecule has 0 saturated carbocycles. The summed E-state index contributed by atoms with van der Waals surface area (Å²) >= 11 is 12.2. The van der Waals surface area contributed by atoms with Crippen LogP contribution in [0.2, 0.25) is 10.0 Å². The first-order chi connectivity index (χ1) is 9.72. The molecule has 0 aromatic heterocycles. The van der Waals surface area contributed by atoms with Gasteiger partial charge in [-0.1, -0.05) is 29.3 Å². The van der Waals surface area contributed by atoms with Crippen molar-refractivity contribution in [2.45, 2.75) is 52.2 Å². The van der Waals surface area contributed by atoms with Crippen molar-refractivity contribution in [1.82, 2.24) is 5.32 Å². The minimum atomic E-state index is 0.104. The van der Waals surface area contributed by atoms with Crippen LogP contribution >= 0.6 is 23.2 Å². The molecule has 0 bridgehead atoms. The van der Waals surface area contributed by atoms with Gasteiger partial charge in [0.25, 0.3) is 0 Å². The summed E-state index contributed by atoms with van der Waals surface area (Å²) in [6.07, 6.45) is 2.26. The van der Waals surface area contributed by atoms with E-state index < -0.39 is 0 Å². The molecule has 1 fully saturated rings. The van der Waals surface area contributed by atoms with Crippen molar-refractivity contribution < 1.29 is 4.74 Å². The van der Waals surface area contributed by atoms with E-state index in [0.717, 1.165) is 26.0 Å². The quantitative estimate of drug-likeness (QED) is 0.862. The van der Waals surface area contributed by atoms with Gasteiger partial charge in [0.05, 0.1) is 16.1 Å². The van der Waals surface area contributed by atoms with E-state index in [2.05, 4.69) is 39.1 Å². The van der Waals surface area contributed by atoms with Crippen molar-refractivity contribution in [2.75, 3.05) is 13.2 Å². The molecule has 1 heterocycles. The van der Waals surface area contributed by atoms with E-state index in [4.69, 9.17) is 27.9 Å². The number of hydrogen-bond donors (Lipinski definition) is 1. The Morgan fingerprint density at radius 1 is 1.29 bits per heavy atom. The van der Waals surface area contributed by atoms with E-state index >= 15 is 0 Å². The van der Waals surface area contributed by atoms with Gasteiger partial charge in [-0.15, -0.1) is 0 Å². The standard InChI is InChI=1S/C17H25Cl2NO/c1-12-17(7-8-21-12,11-20-16(2,3)4)10-13-5-6-14(18)15(19)9-13/h5-6,9,12,20H,7-8,10-11H2,1-4H3. The first-order valence-corrected chi connectivity index (χ1v) is 8.28. The van der Waals surface area contributed by atoms with Crippen molar-refractivity contribution in [2.24, 2.45) is 5.41 Å². The molecule has 0 radical (unpaired) electrons. The lowest BCUT2D eigenvalue weighted by Gasteiger charge is -2.36. The van der Waals surface area contributed by atoms with Crippen LogP contribution in [0, 0.1) is 5.41 Å². The summed E-state index contributed by atoms with van der Waals surface area (Å²) in [5, 5.41) is 4.88. The Balaban J connectivity index is 2.18. The van der Waals surface area contributed by atoms with E-state index in [1.165, 1.54) is 5.56 Å². The molecule has 1 aliphatic rings. The van der Waals surface area contributed by atoms with Crippen LogP contribution in [0.1, 0.15) is 39.7 Å². The summed E-state index contributed by atoms with van der Waals surface area (Å²) in [4.78, 5) is 0. The molecule has 0 spiro atoms. The van der Waals surface area contributed by atoms with Gasteiger partial charge in [-0.05, 0) is 58.2 Å². The molecule has 2 unspecified atom stereocenters. The molecule has 0 amide bonds. The van der Waals surface area contributed by atoms with Gasteiger partial charge in [0.15, 0.2) is 0 Å². The molecule has 2 atom stereocenters. The predicted octanol–water partition coefficient (Wildman–Crippen LogP) is 4.72. The Bertz CT molecular complexity index is 498. The lowest BCUT2D eigenvalue weighted by molar-refractivity contribution is 0.0598. The fourth-order valence-corrected chi connectivity index (χ4v) is 3.16. The second-order valence-corrected chi connectivity index (χ2v) is 7.97. The molecule has 1 saturated heterocycles. The van der Waals surface area contributed by atoms with Crippen LogP contribution in [0.25, 0.3) is 0 Å². The third-order valence-corrected chi connectivity index (χ3v) is 5.08. The third kappa shape index (κ3) is 4.35. The molecule has 2 rings (SSSR count). The predicted molar refractivity (Wildman–Crippen MR) is 90.4 cm³/mol. The maximum absolute atomic E-state index is 6.15. The van der Waals surface area contributed by atoms with Crippen molar-refractivity contribution >= 4 is 23.2 Å². The highest BCUT2D eigenvalue weighted by atomic mass is 35.5. The lowest BCUT2D eigenvalue weighted by Crippen LogP contribution is -2.47. The number of hydrogen-bond acceptors (Lipinski definition) is 2. The number of rotatable bonds is 4. The molecule has 1 aliphatic heterocycles. The SMILES string of the molecule is CC1OCCC1(CNC(C)(C)C)Cc1ccc(Cl)c(Cl)c1. The Morgan fingerprint density at radius 3 is 2.52 bits per heavy atom. The average molecular weight is 330 g/mol. The van der Waals surface area contributed by atoms with Crippen LogP contribution in [0.5, 0.6) is 0 Å². The highest BCUT2D eigenvalue weighted by Gasteiger charge is 2.41. The maximum Gasteiger partial charge on any atom is 0.0619 e. The average Bonchev–Trinajstić information content (AvgIpc) is 2.73. The number of ether oxygens (including phenoxy) is 1. The zero-order valence-electron chi connectivity index (χ0n) is 13.3. The van der Waals surface area contributed by atoms with Crippen molar-refractivity contribution in [3.63, 3.8) is 0 Å². The van der Waals surface area contributed by atoms with Gasteiger partial charge in [-0.25, -0.2) is 0 Å². The molecule has 1 aromatic rings. The van der Waals surface area contributed by atoms with Crippen molar-refractivity contribution in [3.8, 4) is 0 Å². The van der Waals surface area contributed by atoms with Crippen LogP contribution in [0.15, 0.2) is 18.2 Å². The highest BCUT2D eigenvalue weighted by Crippen LogP contribution is 2.39. The van der Waals surface area contributed by atoms with Crippen LogP contribution in [-0.2, 0) is 11.2 Å². The lowest BCUT2D eigenvalue weighted by atomic mass is 9.75. The van der Waals surface area contributed by atoms with Gasteiger partial charge in [0.2, 0.25) is 0 Å². The smallest absolute Gasteiger partial charge is 0.0619 e. The fraction of sp³-hybridized carbons (Fsp3) is 0.647. The van der Waals surface area contributed by atoms with Gasteiger partial charge in [-0.2, -0.15) is 0 Å². The van der Waals surface area contributed by atoms with Gasteiger partial charge >= 0.3 is 0 Å².